The van der Waals surface area contributed by atoms with Crippen LogP contribution < -0.4 is 5.32 Å². The number of para-hydroxylation sites is 1. The van der Waals surface area contributed by atoms with E-state index < -0.39 is 0 Å². The van der Waals surface area contributed by atoms with Crippen molar-refractivity contribution in [2.45, 2.75) is 68.8 Å². The van der Waals surface area contributed by atoms with Gasteiger partial charge in [0.15, 0.2) is 5.16 Å². The smallest absolute Gasteiger partial charge is 0.237 e. The molecule has 0 spiro atoms. The van der Waals surface area contributed by atoms with Crippen LogP contribution in [0.15, 0.2) is 52.2 Å². The fourth-order valence-electron chi connectivity index (χ4n) is 3.44. The molecular formula is C23H28N4O2S. The zero-order chi connectivity index (χ0) is 21.1. The fourth-order valence-corrected chi connectivity index (χ4v) is 4.30. The van der Waals surface area contributed by atoms with Gasteiger partial charge < -0.3 is 9.73 Å². The normalized spacial score (nSPS) is 15.7. The van der Waals surface area contributed by atoms with Gasteiger partial charge in [-0.2, -0.15) is 0 Å². The number of anilines is 1. The molecule has 30 heavy (non-hydrogen) atoms. The molecule has 7 heteroatoms. The van der Waals surface area contributed by atoms with E-state index in [2.05, 4.69) is 40.0 Å². The molecule has 4 rings (SSSR count). The van der Waals surface area contributed by atoms with Crippen LogP contribution in [0, 0.1) is 0 Å². The van der Waals surface area contributed by atoms with Crippen molar-refractivity contribution in [1.82, 2.24) is 14.8 Å². The summed E-state index contributed by atoms with van der Waals surface area (Å²) in [4.78, 5) is 13.0. The topological polar surface area (TPSA) is 73.0 Å². The van der Waals surface area contributed by atoms with Crippen LogP contribution in [0.1, 0.15) is 69.0 Å². The van der Waals surface area contributed by atoms with Gasteiger partial charge in [-0.3, -0.25) is 9.36 Å². The lowest BCUT2D eigenvalue weighted by Crippen LogP contribution is -2.24. The van der Waals surface area contributed by atoms with Crippen LogP contribution in [-0.2, 0) is 11.3 Å². The number of rotatable bonds is 9. The number of furan rings is 1. The summed E-state index contributed by atoms with van der Waals surface area (Å²) in [5, 5.41) is 12.4. The molecular weight excluding hydrogens is 396 g/mol. The standard InChI is InChI=1S/C23H28N4O2S/c1-4-15(2)19-9-5-6-10-20(19)24-22(28)16(3)30-23-26-25-21(17-11-12-17)27(23)14-18-8-7-13-29-18/h5-10,13,15-17H,4,11-12,14H2,1-3H3,(H,24,28). The maximum absolute atomic E-state index is 13.0. The monoisotopic (exact) mass is 424 g/mol. The van der Waals surface area contributed by atoms with Gasteiger partial charge in [-0.05, 0) is 55.9 Å². The van der Waals surface area contributed by atoms with E-state index in [1.54, 1.807) is 6.26 Å². The van der Waals surface area contributed by atoms with Crippen LogP contribution >= 0.6 is 11.8 Å². The van der Waals surface area contributed by atoms with Crippen molar-refractivity contribution in [3.05, 3.63) is 59.8 Å². The van der Waals surface area contributed by atoms with Crippen LogP contribution in [0.5, 0.6) is 0 Å². The minimum absolute atomic E-state index is 0.0312. The van der Waals surface area contributed by atoms with Crippen LogP contribution in [0.4, 0.5) is 5.69 Å². The highest BCUT2D eigenvalue weighted by molar-refractivity contribution is 8.00. The molecule has 0 saturated heterocycles. The Balaban J connectivity index is 1.49. The SMILES string of the molecule is CCC(C)c1ccccc1NC(=O)C(C)Sc1nnc(C2CC2)n1Cc1ccco1. The van der Waals surface area contributed by atoms with E-state index >= 15 is 0 Å². The Morgan fingerprint density at radius 3 is 2.73 bits per heavy atom. The zero-order valence-corrected chi connectivity index (χ0v) is 18.5. The first-order valence-electron chi connectivity index (χ1n) is 10.6. The lowest BCUT2D eigenvalue weighted by molar-refractivity contribution is -0.115. The highest BCUT2D eigenvalue weighted by atomic mass is 32.2. The molecule has 6 nitrogen and oxygen atoms in total. The molecule has 1 aromatic carbocycles. The molecule has 1 fully saturated rings. The molecule has 1 aliphatic carbocycles. The van der Waals surface area contributed by atoms with E-state index in [1.807, 2.05) is 37.3 Å². The summed E-state index contributed by atoms with van der Waals surface area (Å²) in [6.45, 7) is 6.83. The molecule has 2 unspecified atom stereocenters. The van der Waals surface area contributed by atoms with Crippen molar-refractivity contribution in [2.75, 3.05) is 5.32 Å². The summed E-state index contributed by atoms with van der Waals surface area (Å²) in [6.07, 6.45) is 4.98. The number of hydrogen-bond acceptors (Lipinski definition) is 5. The molecule has 2 atom stereocenters. The molecule has 2 heterocycles. The number of benzene rings is 1. The van der Waals surface area contributed by atoms with Crippen LogP contribution in [0.25, 0.3) is 0 Å². The van der Waals surface area contributed by atoms with Gasteiger partial charge in [0.25, 0.3) is 0 Å². The number of thioether (sulfide) groups is 1. The van der Waals surface area contributed by atoms with Gasteiger partial charge in [0.2, 0.25) is 5.91 Å². The van der Waals surface area contributed by atoms with E-state index in [4.69, 9.17) is 4.42 Å². The molecule has 0 aliphatic heterocycles. The zero-order valence-electron chi connectivity index (χ0n) is 17.7. The van der Waals surface area contributed by atoms with Gasteiger partial charge >= 0.3 is 0 Å². The lowest BCUT2D eigenvalue weighted by Gasteiger charge is -2.18. The molecule has 158 valence electrons. The van der Waals surface area contributed by atoms with Crippen LogP contribution in [-0.4, -0.2) is 25.9 Å². The highest BCUT2D eigenvalue weighted by Gasteiger charge is 2.31. The second-order valence-electron chi connectivity index (χ2n) is 7.93. The van der Waals surface area contributed by atoms with Crippen molar-refractivity contribution in [2.24, 2.45) is 0 Å². The molecule has 3 aromatic rings. The second-order valence-corrected chi connectivity index (χ2v) is 9.23. The quantitative estimate of drug-likeness (QED) is 0.464. The second kappa shape index (κ2) is 9.08. The fraction of sp³-hybridized carbons (Fsp3) is 0.435. The molecule has 0 radical (unpaired) electrons. The summed E-state index contributed by atoms with van der Waals surface area (Å²) in [7, 11) is 0. The lowest BCUT2D eigenvalue weighted by atomic mass is 9.97. The largest absolute Gasteiger partial charge is 0.467 e. The molecule has 2 aromatic heterocycles. The van der Waals surface area contributed by atoms with E-state index in [1.165, 1.54) is 17.3 Å². The average Bonchev–Trinajstić information content (AvgIpc) is 3.33. The molecule has 0 bridgehead atoms. The Morgan fingerprint density at radius 1 is 1.23 bits per heavy atom. The minimum Gasteiger partial charge on any atom is -0.467 e. The number of hydrogen-bond donors (Lipinski definition) is 1. The predicted octanol–water partition coefficient (Wildman–Crippen LogP) is 5.43. The van der Waals surface area contributed by atoms with E-state index in [0.29, 0.717) is 18.4 Å². The maximum atomic E-state index is 13.0. The summed E-state index contributed by atoms with van der Waals surface area (Å²) < 4.78 is 7.62. The first-order chi connectivity index (χ1) is 14.6. The van der Waals surface area contributed by atoms with E-state index in [0.717, 1.165) is 41.7 Å². The summed E-state index contributed by atoms with van der Waals surface area (Å²) in [5.41, 5.74) is 2.06. The third-order valence-electron chi connectivity index (χ3n) is 5.60. The van der Waals surface area contributed by atoms with E-state index in [9.17, 15) is 4.79 Å². The average molecular weight is 425 g/mol. The van der Waals surface area contributed by atoms with Gasteiger partial charge in [0.1, 0.15) is 11.6 Å². The molecule has 1 aliphatic rings. The van der Waals surface area contributed by atoms with Crippen molar-refractivity contribution in [1.29, 1.82) is 0 Å². The van der Waals surface area contributed by atoms with Crippen LogP contribution in [0.2, 0.25) is 0 Å². The summed E-state index contributed by atoms with van der Waals surface area (Å²) >= 11 is 1.44. The van der Waals surface area contributed by atoms with Crippen molar-refractivity contribution in [3.8, 4) is 0 Å². The number of amides is 1. The molecule has 1 saturated carbocycles. The van der Waals surface area contributed by atoms with Gasteiger partial charge in [0, 0.05) is 11.6 Å². The highest BCUT2D eigenvalue weighted by Crippen LogP contribution is 2.40. The predicted molar refractivity (Wildman–Crippen MR) is 119 cm³/mol. The molecule has 1 amide bonds. The maximum Gasteiger partial charge on any atom is 0.237 e. The summed E-state index contributed by atoms with van der Waals surface area (Å²) in [5.74, 6) is 2.67. The Kier molecular flexibility index (Phi) is 6.27. The Labute approximate surface area is 181 Å². The summed E-state index contributed by atoms with van der Waals surface area (Å²) in [6, 6.07) is 11.9. The Hall–Kier alpha value is -2.54. The van der Waals surface area contributed by atoms with Gasteiger partial charge in [-0.1, -0.05) is 43.8 Å². The Bertz CT molecular complexity index is 995. The number of carbonyl (C=O) groups is 1. The number of nitrogens with zero attached hydrogens (tertiary/aromatic N) is 3. The molecule has 1 N–H and O–H groups in total. The van der Waals surface area contributed by atoms with Crippen molar-refractivity contribution >= 4 is 23.4 Å². The van der Waals surface area contributed by atoms with Gasteiger partial charge in [0.05, 0.1) is 18.1 Å². The van der Waals surface area contributed by atoms with Crippen LogP contribution in [0.3, 0.4) is 0 Å². The van der Waals surface area contributed by atoms with Gasteiger partial charge in [-0.25, -0.2) is 0 Å². The van der Waals surface area contributed by atoms with Crippen molar-refractivity contribution < 1.29 is 9.21 Å². The number of nitrogens with one attached hydrogen (secondary N) is 1. The first kappa shape index (κ1) is 20.7. The van der Waals surface area contributed by atoms with Gasteiger partial charge in [-0.15, -0.1) is 10.2 Å². The third kappa shape index (κ3) is 4.61. The third-order valence-corrected chi connectivity index (χ3v) is 6.68. The number of carbonyl (C=O) groups excluding carboxylic acids is 1. The van der Waals surface area contributed by atoms with E-state index in [-0.39, 0.29) is 11.2 Å². The van der Waals surface area contributed by atoms with Crippen molar-refractivity contribution in [3.63, 3.8) is 0 Å². The minimum atomic E-state index is -0.304. The first-order valence-corrected chi connectivity index (χ1v) is 11.5. The Morgan fingerprint density at radius 2 is 2.03 bits per heavy atom. The number of aromatic nitrogens is 3.